The second-order valence-electron chi connectivity index (χ2n) is 4.15. The highest BCUT2D eigenvalue weighted by molar-refractivity contribution is 5.87. The zero-order valence-electron chi connectivity index (χ0n) is 9.40. The molecule has 0 amide bonds. The largest absolute Gasteiger partial charge is 0.550 e. The van der Waals surface area contributed by atoms with Crippen LogP contribution in [0.25, 0.3) is 0 Å². The third kappa shape index (κ3) is 13.5. The van der Waals surface area contributed by atoms with Gasteiger partial charge in [0.1, 0.15) is 0 Å². The number of quaternary nitrogens is 1. The van der Waals surface area contributed by atoms with E-state index < -0.39 is 18.4 Å². The number of carboxylic acids is 2. The Balaban J connectivity index is 0. The van der Waals surface area contributed by atoms with Crippen LogP contribution >= 0.6 is 0 Å². The van der Waals surface area contributed by atoms with Crippen molar-refractivity contribution in [1.82, 2.24) is 0 Å². The van der Waals surface area contributed by atoms with E-state index >= 15 is 0 Å². The van der Waals surface area contributed by atoms with Crippen LogP contribution < -0.4 is 5.11 Å². The molecule has 0 saturated carbocycles. The monoisotopic (exact) mass is 205 g/mol. The smallest absolute Gasteiger partial charge is 0.309 e. The molecule has 0 aromatic heterocycles. The Morgan fingerprint density at radius 2 is 1.57 bits per heavy atom. The van der Waals surface area contributed by atoms with Crippen molar-refractivity contribution < 1.29 is 24.3 Å². The van der Waals surface area contributed by atoms with Crippen molar-refractivity contribution in [1.29, 1.82) is 0 Å². The third-order valence-corrected chi connectivity index (χ3v) is 1.84. The minimum atomic E-state index is -1.56. The van der Waals surface area contributed by atoms with Gasteiger partial charge in [0.05, 0.1) is 39.6 Å². The van der Waals surface area contributed by atoms with Crippen molar-refractivity contribution in [2.24, 2.45) is 0 Å². The number of hydrogen-bond acceptors (Lipinski definition) is 3. The van der Waals surface area contributed by atoms with E-state index in [0.29, 0.717) is 0 Å². The van der Waals surface area contributed by atoms with E-state index in [1.807, 2.05) is 0 Å². The first-order valence-corrected chi connectivity index (χ1v) is 4.30. The minimum Gasteiger partial charge on any atom is -0.550 e. The summed E-state index contributed by atoms with van der Waals surface area (Å²) in [6.45, 7) is 4.44. The minimum absolute atomic E-state index is 0.736. The number of rotatable bonds is 3. The standard InChI is InChI=1S/C6H16N.C3H4O4/c1-6(2)7(3,4)5;4-2(5)1-3(6)7/h6H,1-5H3;1H2,(H,4,5)(H,6,7)/q+1;/p-1. The van der Waals surface area contributed by atoms with Gasteiger partial charge < -0.3 is 19.5 Å². The molecule has 0 aromatic carbocycles. The zero-order chi connectivity index (χ0) is 11.9. The molecule has 0 aliphatic rings. The highest BCUT2D eigenvalue weighted by atomic mass is 16.4. The molecule has 0 unspecified atom stereocenters. The molecule has 0 heterocycles. The van der Waals surface area contributed by atoms with Gasteiger partial charge in [0, 0.05) is 0 Å². The van der Waals surface area contributed by atoms with Crippen molar-refractivity contribution in [3.05, 3.63) is 0 Å². The maximum Gasteiger partial charge on any atom is 0.309 e. The first-order valence-electron chi connectivity index (χ1n) is 4.30. The second kappa shape index (κ2) is 6.37. The number of nitrogens with zero attached hydrogens (tertiary/aromatic N) is 1. The Kier molecular flexibility index (Phi) is 6.99. The maximum atomic E-state index is 9.39. The van der Waals surface area contributed by atoms with E-state index in [-0.39, 0.29) is 0 Å². The summed E-state index contributed by atoms with van der Waals surface area (Å²) in [5.74, 6) is -2.94. The van der Waals surface area contributed by atoms with Gasteiger partial charge in [0.15, 0.2) is 0 Å². The lowest BCUT2D eigenvalue weighted by Gasteiger charge is -2.28. The number of carbonyl (C=O) groups excluding carboxylic acids is 1. The molecule has 14 heavy (non-hydrogen) atoms. The van der Waals surface area contributed by atoms with Gasteiger partial charge in [0.2, 0.25) is 0 Å². The van der Waals surface area contributed by atoms with Crippen molar-refractivity contribution in [3.63, 3.8) is 0 Å². The molecule has 0 bridgehead atoms. The van der Waals surface area contributed by atoms with E-state index in [1.54, 1.807) is 0 Å². The third-order valence-electron chi connectivity index (χ3n) is 1.84. The number of aliphatic carboxylic acids is 2. The van der Waals surface area contributed by atoms with Gasteiger partial charge >= 0.3 is 5.97 Å². The van der Waals surface area contributed by atoms with E-state index in [0.717, 1.165) is 10.5 Å². The fourth-order valence-corrected chi connectivity index (χ4v) is 0.123. The highest BCUT2D eigenvalue weighted by Crippen LogP contribution is 1.97. The Bertz CT molecular complexity index is 181. The molecule has 84 valence electrons. The van der Waals surface area contributed by atoms with Gasteiger partial charge in [-0.3, -0.25) is 4.79 Å². The summed E-state index contributed by atoms with van der Waals surface area (Å²) in [5, 5.41) is 17.0. The Morgan fingerprint density at radius 1 is 1.29 bits per heavy atom. The Hall–Kier alpha value is -1.10. The average molecular weight is 205 g/mol. The summed E-state index contributed by atoms with van der Waals surface area (Å²) in [6, 6.07) is 0.736. The van der Waals surface area contributed by atoms with Crippen LogP contribution in [0.5, 0.6) is 0 Å². The maximum absolute atomic E-state index is 9.39. The van der Waals surface area contributed by atoms with Gasteiger partial charge in [-0.05, 0) is 13.8 Å². The first kappa shape index (κ1) is 15.4. The van der Waals surface area contributed by atoms with Crippen molar-refractivity contribution in [2.75, 3.05) is 21.1 Å². The van der Waals surface area contributed by atoms with E-state index in [9.17, 15) is 14.7 Å². The molecule has 0 aliphatic heterocycles. The fraction of sp³-hybridized carbons (Fsp3) is 0.778. The summed E-state index contributed by atoms with van der Waals surface area (Å²) >= 11 is 0. The highest BCUT2D eigenvalue weighted by Gasteiger charge is 2.10. The molecule has 0 aromatic rings. The lowest BCUT2D eigenvalue weighted by Crippen LogP contribution is -2.41. The normalized spacial score (nSPS) is 10.4. The first-order chi connectivity index (χ1) is 6.07. The van der Waals surface area contributed by atoms with Crippen LogP contribution in [0.3, 0.4) is 0 Å². The van der Waals surface area contributed by atoms with Crippen LogP contribution in [0.15, 0.2) is 0 Å². The van der Waals surface area contributed by atoms with E-state index in [1.165, 1.54) is 0 Å². The number of carboxylic acid groups (broad SMARTS) is 2. The summed E-state index contributed by atoms with van der Waals surface area (Å²) in [7, 11) is 6.60. The van der Waals surface area contributed by atoms with Crippen LogP contribution in [0.4, 0.5) is 0 Å². The van der Waals surface area contributed by atoms with Crippen LogP contribution in [0.1, 0.15) is 20.3 Å². The molecular weight excluding hydrogens is 186 g/mol. The Morgan fingerprint density at radius 3 is 1.57 bits per heavy atom. The molecule has 1 N–H and O–H groups in total. The van der Waals surface area contributed by atoms with Crippen LogP contribution in [0.2, 0.25) is 0 Å². The van der Waals surface area contributed by atoms with Crippen molar-refractivity contribution in [3.8, 4) is 0 Å². The lowest BCUT2D eigenvalue weighted by molar-refractivity contribution is -0.891. The second-order valence-corrected chi connectivity index (χ2v) is 4.15. The summed E-state index contributed by atoms with van der Waals surface area (Å²) in [6.07, 6.45) is -0.917. The molecule has 0 saturated heterocycles. The molecular formula is C9H19NO4. The quantitative estimate of drug-likeness (QED) is 0.489. The molecule has 0 aliphatic carbocycles. The summed E-state index contributed by atoms with van der Waals surface area (Å²) in [4.78, 5) is 18.7. The van der Waals surface area contributed by atoms with Crippen LogP contribution in [-0.4, -0.2) is 48.7 Å². The topological polar surface area (TPSA) is 77.4 Å². The molecule has 0 spiro atoms. The molecule has 5 heteroatoms. The molecule has 0 radical (unpaired) electrons. The molecule has 0 fully saturated rings. The van der Waals surface area contributed by atoms with E-state index in [2.05, 4.69) is 35.0 Å². The summed E-state index contributed by atoms with van der Waals surface area (Å²) in [5.41, 5.74) is 0. The van der Waals surface area contributed by atoms with Gasteiger partial charge in [-0.2, -0.15) is 0 Å². The lowest BCUT2D eigenvalue weighted by atomic mass is 10.3. The van der Waals surface area contributed by atoms with Crippen LogP contribution in [-0.2, 0) is 9.59 Å². The number of carbonyl (C=O) groups is 2. The van der Waals surface area contributed by atoms with Crippen LogP contribution in [0, 0.1) is 0 Å². The zero-order valence-corrected chi connectivity index (χ0v) is 9.40. The van der Waals surface area contributed by atoms with Gasteiger partial charge in [-0.15, -0.1) is 0 Å². The average Bonchev–Trinajstić information content (AvgIpc) is 1.81. The SMILES string of the molecule is CC(C)[N+](C)(C)C.O=C([O-])CC(=O)O. The van der Waals surface area contributed by atoms with Crippen molar-refractivity contribution >= 4 is 11.9 Å². The number of hydrogen-bond donors (Lipinski definition) is 1. The molecule has 0 rings (SSSR count). The predicted molar refractivity (Wildman–Crippen MR) is 50.4 cm³/mol. The molecule has 5 nitrogen and oxygen atoms in total. The van der Waals surface area contributed by atoms with Gasteiger partial charge in [-0.25, -0.2) is 0 Å². The van der Waals surface area contributed by atoms with Gasteiger partial charge in [-0.1, -0.05) is 0 Å². The fourth-order valence-electron chi connectivity index (χ4n) is 0.123. The van der Waals surface area contributed by atoms with Crippen molar-refractivity contribution in [2.45, 2.75) is 26.3 Å². The Labute approximate surface area is 84.5 Å². The van der Waals surface area contributed by atoms with Gasteiger partial charge in [0.25, 0.3) is 0 Å². The molecule has 0 atom stereocenters. The van der Waals surface area contributed by atoms with E-state index in [4.69, 9.17) is 5.11 Å². The predicted octanol–water partition coefficient (Wildman–Crippen LogP) is -0.688. The summed E-state index contributed by atoms with van der Waals surface area (Å²) < 4.78 is 1.06.